The number of thiophene rings is 1. The van der Waals surface area contributed by atoms with Crippen LogP contribution in [0.15, 0.2) is 16.8 Å². The van der Waals surface area contributed by atoms with E-state index in [0.717, 1.165) is 19.1 Å². The van der Waals surface area contributed by atoms with Crippen molar-refractivity contribution in [2.45, 2.75) is 72.0 Å². The van der Waals surface area contributed by atoms with E-state index in [2.05, 4.69) is 54.7 Å². The Balaban J connectivity index is 1.97. The molecule has 21 heavy (non-hydrogen) atoms. The van der Waals surface area contributed by atoms with Crippen LogP contribution in [-0.4, -0.2) is 30.1 Å². The molecule has 0 bridgehead atoms. The molecule has 1 aromatic rings. The lowest BCUT2D eigenvalue weighted by Gasteiger charge is -2.36. The Labute approximate surface area is 134 Å². The summed E-state index contributed by atoms with van der Waals surface area (Å²) < 4.78 is 0. The number of hydrogen-bond acceptors (Lipinski definition) is 3. The number of hydrogen-bond donors (Lipinski definition) is 1. The van der Waals surface area contributed by atoms with E-state index in [1.54, 1.807) is 0 Å². The molecule has 1 N–H and O–H groups in total. The maximum atomic E-state index is 3.67. The van der Waals surface area contributed by atoms with Gasteiger partial charge in [-0.15, -0.1) is 0 Å². The topological polar surface area (TPSA) is 15.3 Å². The van der Waals surface area contributed by atoms with Gasteiger partial charge in [-0.05, 0) is 47.1 Å². The summed E-state index contributed by atoms with van der Waals surface area (Å²) in [6.07, 6.45) is 5.36. The molecule has 1 atom stereocenters. The zero-order valence-electron chi connectivity index (χ0n) is 14.2. The number of nitrogens with zero attached hydrogens (tertiary/aromatic N) is 1. The Hall–Kier alpha value is -0.380. The quantitative estimate of drug-likeness (QED) is 0.684. The highest BCUT2D eigenvalue weighted by Crippen LogP contribution is 2.33. The van der Waals surface area contributed by atoms with Gasteiger partial charge in [-0.2, -0.15) is 11.3 Å². The second-order valence-electron chi connectivity index (χ2n) is 7.36. The Morgan fingerprint density at radius 3 is 2.71 bits per heavy atom. The average molecular weight is 309 g/mol. The molecular formula is C18H32N2S. The van der Waals surface area contributed by atoms with E-state index in [-0.39, 0.29) is 0 Å². The van der Waals surface area contributed by atoms with Crippen molar-refractivity contribution in [3.8, 4) is 0 Å². The van der Waals surface area contributed by atoms with Crippen LogP contribution in [0.3, 0.4) is 0 Å². The standard InChI is InChI=1S/C18H32N2S/c1-5-9-18(4,13-19-15(2)3)14-20(17-6-7-17)11-16-8-10-21-12-16/h8,10,12,15,17,19H,5-7,9,11,13-14H2,1-4H3. The third-order valence-electron chi connectivity index (χ3n) is 4.40. The molecule has 1 aliphatic carbocycles. The Bertz CT molecular complexity index is 397. The van der Waals surface area contributed by atoms with Gasteiger partial charge in [0, 0.05) is 31.7 Å². The largest absolute Gasteiger partial charge is 0.314 e. The van der Waals surface area contributed by atoms with E-state index in [0.29, 0.717) is 11.5 Å². The van der Waals surface area contributed by atoms with Gasteiger partial charge < -0.3 is 5.32 Å². The molecule has 0 aromatic carbocycles. The molecule has 3 heteroatoms. The summed E-state index contributed by atoms with van der Waals surface area (Å²) in [5.74, 6) is 0. The van der Waals surface area contributed by atoms with Crippen molar-refractivity contribution in [1.29, 1.82) is 0 Å². The lowest BCUT2D eigenvalue weighted by Crippen LogP contribution is -2.44. The van der Waals surface area contributed by atoms with Gasteiger partial charge >= 0.3 is 0 Å². The molecule has 2 rings (SSSR count). The van der Waals surface area contributed by atoms with Crippen molar-refractivity contribution >= 4 is 11.3 Å². The van der Waals surface area contributed by atoms with Gasteiger partial charge in [-0.1, -0.05) is 34.1 Å². The van der Waals surface area contributed by atoms with Crippen LogP contribution in [-0.2, 0) is 6.54 Å². The summed E-state index contributed by atoms with van der Waals surface area (Å²) >= 11 is 1.82. The molecule has 1 fully saturated rings. The van der Waals surface area contributed by atoms with Gasteiger partial charge in [-0.25, -0.2) is 0 Å². The van der Waals surface area contributed by atoms with E-state index in [9.17, 15) is 0 Å². The molecule has 0 aliphatic heterocycles. The van der Waals surface area contributed by atoms with Gasteiger partial charge in [0.25, 0.3) is 0 Å². The van der Waals surface area contributed by atoms with Crippen LogP contribution >= 0.6 is 11.3 Å². The van der Waals surface area contributed by atoms with Gasteiger partial charge in [-0.3, -0.25) is 4.90 Å². The molecule has 120 valence electrons. The highest BCUT2D eigenvalue weighted by atomic mass is 32.1. The Morgan fingerprint density at radius 2 is 2.19 bits per heavy atom. The lowest BCUT2D eigenvalue weighted by molar-refractivity contribution is 0.134. The third-order valence-corrected chi connectivity index (χ3v) is 5.14. The van der Waals surface area contributed by atoms with Crippen molar-refractivity contribution in [3.63, 3.8) is 0 Å². The van der Waals surface area contributed by atoms with Gasteiger partial charge in [0.15, 0.2) is 0 Å². The fourth-order valence-corrected chi connectivity index (χ4v) is 3.80. The molecule has 1 saturated carbocycles. The minimum absolute atomic E-state index is 0.387. The van der Waals surface area contributed by atoms with Crippen LogP contribution in [0, 0.1) is 5.41 Å². The van der Waals surface area contributed by atoms with Crippen LogP contribution in [0.4, 0.5) is 0 Å². The summed E-state index contributed by atoms with van der Waals surface area (Å²) in [5, 5.41) is 8.17. The van der Waals surface area contributed by atoms with Gasteiger partial charge in [0.2, 0.25) is 0 Å². The first-order valence-corrected chi connectivity index (χ1v) is 9.45. The molecule has 1 aromatic heterocycles. The lowest BCUT2D eigenvalue weighted by atomic mass is 9.84. The van der Waals surface area contributed by atoms with Crippen molar-refractivity contribution in [2.75, 3.05) is 13.1 Å². The number of nitrogens with one attached hydrogen (secondary N) is 1. The SMILES string of the molecule is CCCC(C)(CNC(C)C)CN(Cc1ccsc1)C1CC1. The van der Waals surface area contributed by atoms with Crippen LogP contribution in [0.2, 0.25) is 0 Å². The van der Waals surface area contributed by atoms with Gasteiger partial charge in [0.05, 0.1) is 0 Å². The summed E-state index contributed by atoms with van der Waals surface area (Å²) in [6, 6.07) is 3.69. The molecule has 1 heterocycles. The fourth-order valence-electron chi connectivity index (χ4n) is 3.14. The molecule has 0 amide bonds. The normalized spacial score (nSPS) is 18.4. The van der Waals surface area contributed by atoms with E-state index >= 15 is 0 Å². The van der Waals surface area contributed by atoms with Crippen LogP contribution in [0.5, 0.6) is 0 Å². The first-order chi connectivity index (χ1) is 10.0. The molecule has 2 nitrogen and oxygen atoms in total. The predicted molar refractivity (Wildman–Crippen MR) is 93.9 cm³/mol. The molecule has 1 unspecified atom stereocenters. The molecule has 0 radical (unpaired) electrons. The van der Waals surface area contributed by atoms with Crippen molar-refractivity contribution in [2.24, 2.45) is 5.41 Å². The summed E-state index contributed by atoms with van der Waals surface area (Å²) in [7, 11) is 0. The average Bonchev–Trinajstić information content (AvgIpc) is 3.15. The van der Waals surface area contributed by atoms with Crippen LogP contribution in [0.1, 0.15) is 58.9 Å². The van der Waals surface area contributed by atoms with Gasteiger partial charge in [0.1, 0.15) is 0 Å². The highest BCUT2D eigenvalue weighted by Gasteiger charge is 2.34. The smallest absolute Gasteiger partial charge is 0.0245 e. The molecule has 0 spiro atoms. The van der Waals surface area contributed by atoms with E-state index in [4.69, 9.17) is 0 Å². The minimum Gasteiger partial charge on any atom is -0.314 e. The summed E-state index contributed by atoms with van der Waals surface area (Å²) in [5.41, 5.74) is 1.88. The number of rotatable bonds is 10. The Morgan fingerprint density at radius 1 is 1.43 bits per heavy atom. The molecular weight excluding hydrogens is 276 g/mol. The summed E-state index contributed by atoms with van der Waals surface area (Å²) in [6.45, 7) is 12.8. The first-order valence-electron chi connectivity index (χ1n) is 8.51. The fraction of sp³-hybridized carbons (Fsp3) is 0.778. The van der Waals surface area contributed by atoms with Crippen molar-refractivity contribution in [1.82, 2.24) is 10.2 Å². The first kappa shape index (κ1) is 17.0. The predicted octanol–water partition coefficient (Wildman–Crippen LogP) is 4.52. The monoisotopic (exact) mass is 308 g/mol. The Kier molecular flexibility index (Phi) is 6.27. The molecule has 1 aliphatic rings. The second kappa shape index (κ2) is 7.75. The van der Waals surface area contributed by atoms with Crippen LogP contribution < -0.4 is 5.32 Å². The van der Waals surface area contributed by atoms with Crippen molar-refractivity contribution in [3.05, 3.63) is 22.4 Å². The highest BCUT2D eigenvalue weighted by molar-refractivity contribution is 7.07. The molecule has 0 saturated heterocycles. The van der Waals surface area contributed by atoms with E-state index in [1.165, 1.54) is 37.8 Å². The van der Waals surface area contributed by atoms with E-state index in [1.807, 2.05) is 11.3 Å². The van der Waals surface area contributed by atoms with Crippen LogP contribution in [0.25, 0.3) is 0 Å². The third kappa shape index (κ3) is 5.72. The maximum absolute atomic E-state index is 3.67. The zero-order valence-corrected chi connectivity index (χ0v) is 15.0. The summed E-state index contributed by atoms with van der Waals surface area (Å²) in [4.78, 5) is 2.74. The van der Waals surface area contributed by atoms with Crippen molar-refractivity contribution < 1.29 is 0 Å². The maximum Gasteiger partial charge on any atom is 0.0245 e. The second-order valence-corrected chi connectivity index (χ2v) is 8.14. The zero-order chi connectivity index (χ0) is 15.3. The van der Waals surface area contributed by atoms with E-state index < -0.39 is 0 Å². The minimum atomic E-state index is 0.387.